The lowest BCUT2D eigenvalue weighted by atomic mass is 10.2. The molecule has 0 aliphatic rings. The molecule has 0 amide bonds. The third kappa shape index (κ3) is 3.73. The average molecular weight is 130 g/mol. The molecule has 0 bridgehead atoms. The molecule has 0 aliphatic heterocycles. The quantitative estimate of drug-likeness (QED) is 0.543. The summed E-state index contributed by atoms with van der Waals surface area (Å²) in [7, 11) is 0. The van der Waals surface area contributed by atoms with Gasteiger partial charge in [-0.05, 0) is 6.92 Å². The number of hydrogen-bond acceptors (Lipinski definition) is 3. The van der Waals surface area contributed by atoms with Crippen molar-refractivity contribution < 1.29 is 15.0 Å². The molecule has 1 unspecified atom stereocenters. The van der Waals surface area contributed by atoms with Gasteiger partial charge in [0.1, 0.15) is 17.6 Å². The van der Waals surface area contributed by atoms with E-state index >= 15 is 0 Å². The molecular weight excluding hydrogens is 120 g/mol. The van der Waals surface area contributed by atoms with Crippen molar-refractivity contribution >= 4 is 5.78 Å². The van der Waals surface area contributed by atoms with Gasteiger partial charge >= 0.3 is 0 Å². The van der Waals surface area contributed by atoms with Crippen molar-refractivity contribution in [3.63, 3.8) is 0 Å². The minimum atomic E-state index is -1.09. The van der Waals surface area contributed by atoms with E-state index in [0.717, 1.165) is 0 Å². The van der Waals surface area contributed by atoms with Crippen molar-refractivity contribution in [2.24, 2.45) is 0 Å². The van der Waals surface area contributed by atoms with Crippen LogP contribution in [0.1, 0.15) is 13.3 Å². The van der Waals surface area contributed by atoms with Crippen molar-refractivity contribution in [1.29, 1.82) is 0 Å². The summed E-state index contributed by atoms with van der Waals surface area (Å²) < 4.78 is 0. The molecule has 0 saturated heterocycles. The van der Waals surface area contributed by atoms with Gasteiger partial charge in [-0.3, -0.25) is 4.79 Å². The number of rotatable bonds is 3. The second-order valence-corrected chi connectivity index (χ2v) is 1.91. The normalized spacial score (nSPS) is 12.7. The van der Waals surface area contributed by atoms with Crippen molar-refractivity contribution in [2.75, 3.05) is 0 Å². The Morgan fingerprint density at radius 1 is 1.78 bits per heavy atom. The predicted octanol–water partition coefficient (Wildman–Crippen LogP) is 0.398. The van der Waals surface area contributed by atoms with Gasteiger partial charge in [-0.1, -0.05) is 6.58 Å². The van der Waals surface area contributed by atoms with E-state index in [1.807, 2.05) is 0 Å². The van der Waals surface area contributed by atoms with Gasteiger partial charge < -0.3 is 10.2 Å². The zero-order chi connectivity index (χ0) is 7.44. The molecule has 3 heteroatoms. The van der Waals surface area contributed by atoms with E-state index in [2.05, 4.69) is 6.58 Å². The standard InChI is InChI=1S/C6H10O3/c1-4(7)3-6(9)5(2)8/h6,8-9H,2-3H2,1H3. The Hall–Kier alpha value is -0.830. The van der Waals surface area contributed by atoms with E-state index in [9.17, 15) is 4.79 Å². The van der Waals surface area contributed by atoms with Gasteiger partial charge in [0.25, 0.3) is 0 Å². The Balaban J connectivity index is 3.63. The van der Waals surface area contributed by atoms with Crippen LogP contribution in [0, 0.1) is 0 Å². The van der Waals surface area contributed by atoms with E-state index in [1.165, 1.54) is 6.92 Å². The molecular formula is C6H10O3. The highest BCUT2D eigenvalue weighted by atomic mass is 16.3. The second-order valence-electron chi connectivity index (χ2n) is 1.91. The van der Waals surface area contributed by atoms with Gasteiger partial charge in [-0.15, -0.1) is 0 Å². The highest BCUT2D eigenvalue weighted by Gasteiger charge is 2.08. The first-order valence-electron chi connectivity index (χ1n) is 2.59. The van der Waals surface area contributed by atoms with Crippen LogP contribution in [-0.4, -0.2) is 22.1 Å². The SMILES string of the molecule is C=C(O)C(O)CC(C)=O. The van der Waals surface area contributed by atoms with Gasteiger partial charge in [0.15, 0.2) is 0 Å². The monoisotopic (exact) mass is 130 g/mol. The number of aliphatic hydroxyl groups is 2. The Morgan fingerprint density at radius 2 is 2.22 bits per heavy atom. The molecule has 3 nitrogen and oxygen atoms in total. The van der Waals surface area contributed by atoms with Crippen molar-refractivity contribution in [1.82, 2.24) is 0 Å². The van der Waals surface area contributed by atoms with Crippen LogP contribution in [0.3, 0.4) is 0 Å². The molecule has 0 radical (unpaired) electrons. The second kappa shape index (κ2) is 3.25. The topological polar surface area (TPSA) is 57.5 Å². The molecule has 0 saturated carbocycles. The summed E-state index contributed by atoms with van der Waals surface area (Å²) in [5.41, 5.74) is 0. The van der Waals surface area contributed by atoms with Crippen LogP contribution in [0.25, 0.3) is 0 Å². The summed E-state index contributed by atoms with van der Waals surface area (Å²) in [4.78, 5) is 10.2. The first-order valence-corrected chi connectivity index (χ1v) is 2.59. The van der Waals surface area contributed by atoms with E-state index in [4.69, 9.17) is 10.2 Å². The number of hydrogen-bond donors (Lipinski definition) is 2. The smallest absolute Gasteiger partial charge is 0.132 e. The largest absolute Gasteiger partial charge is 0.510 e. The summed E-state index contributed by atoms with van der Waals surface area (Å²) in [6, 6.07) is 0. The van der Waals surface area contributed by atoms with Gasteiger partial charge in [0.2, 0.25) is 0 Å². The van der Waals surface area contributed by atoms with Gasteiger partial charge in [0, 0.05) is 6.42 Å². The van der Waals surface area contributed by atoms with Crippen LogP contribution in [0.4, 0.5) is 0 Å². The lowest BCUT2D eigenvalue weighted by Crippen LogP contribution is -2.12. The fourth-order valence-electron chi connectivity index (χ4n) is 0.390. The lowest BCUT2D eigenvalue weighted by molar-refractivity contribution is -0.118. The minimum absolute atomic E-state index is 0.0602. The van der Waals surface area contributed by atoms with E-state index in [-0.39, 0.29) is 18.0 Å². The Kier molecular flexibility index (Phi) is 2.95. The van der Waals surface area contributed by atoms with Crippen LogP contribution in [0.2, 0.25) is 0 Å². The van der Waals surface area contributed by atoms with E-state index in [0.29, 0.717) is 0 Å². The number of Topliss-reactive ketones (excluding diaryl/α,β-unsaturated/α-hetero) is 1. The number of aliphatic hydroxyl groups excluding tert-OH is 2. The first-order chi connectivity index (χ1) is 4.04. The summed E-state index contributed by atoms with van der Waals surface area (Å²) in [6.45, 7) is 4.40. The van der Waals surface area contributed by atoms with Crippen LogP contribution >= 0.6 is 0 Å². The zero-order valence-corrected chi connectivity index (χ0v) is 5.29. The Labute approximate surface area is 53.6 Å². The third-order valence-corrected chi connectivity index (χ3v) is 0.865. The van der Waals surface area contributed by atoms with Crippen molar-refractivity contribution in [3.8, 4) is 0 Å². The Bertz CT molecular complexity index is 128. The first kappa shape index (κ1) is 8.17. The summed E-state index contributed by atoms with van der Waals surface area (Å²) >= 11 is 0. The molecule has 9 heavy (non-hydrogen) atoms. The van der Waals surface area contributed by atoms with E-state index in [1.54, 1.807) is 0 Å². The maximum absolute atomic E-state index is 10.2. The maximum Gasteiger partial charge on any atom is 0.132 e. The molecule has 1 atom stereocenters. The lowest BCUT2D eigenvalue weighted by Gasteiger charge is -2.03. The van der Waals surface area contributed by atoms with Gasteiger partial charge in [-0.2, -0.15) is 0 Å². The summed E-state index contributed by atoms with van der Waals surface area (Å²) in [5.74, 6) is -0.525. The molecule has 0 heterocycles. The minimum Gasteiger partial charge on any atom is -0.510 e. The number of carbonyl (C=O) groups excluding carboxylic acids is 1. The van der Waals surface area contributed by atoms with Crippen LogP contribution in [0.5, 0.6) is 0 Å². The molecule has 0 aromatic carbocycles. The number of carbonyl (C=O) groups is 1. The van der Waals surface area contributed by atoms with Crippen molar-refractivity contribution in [2.45, 2.75) is 19.4 Å². The molecule has 0 rings (SSSR count). The maximum atomic E-state index is 10.2. The fraction of sp³-hybridized carbons (Fsp3) is 0.500. The predicted molar refractivity (Wildman–Crippen MR) is 33.1 cm³/mol. The molecule has 0 aliphatic carbocycles. The van der Waals surface area contributed by atoms with E-state index < -0.39 is 6.10 Å². The van der Waals surface area contributed by atoms with Gasteiger partial charge in [0.05, 0.1) is 0 Å². The molecule has 2 N–H and O–H groups in total. The van der Waals surface area contributed by atoms with Gasteiger partial charge in [-0.25, -0.2) is 0 Å². The molecule has 0 aromatic heterocycles. The zero-order valence-electron chi connectivity index (χ0n) is 5.29. The van der Waals surface area contributed by atoms with Crippen LogP contribution in [-0.2, 0) is 4.79 Å². The van der Waals surface area contributed by atoms with Crippen molar-refractivity contribution in [3.05, 3.63) is 12.3 Å². The Morgan fingerprint density at radius 3 is 2.33 bits per heavy atom. The fourth-order valence-corrected chi connectivity index (χ4v) is 0.390. The highest BCUT2D eigenvalue weighted by molar-refractivity contribution is 5.76. The summed E-state index contributed by atoms with van der Waals surface area (Å²) in [5, 5.41) is 17.2. The molecule has 0 aromatic rings. The summed E-state index contributed by atoms with van der Waals surface area (Å²) in [6.07, 6.45) is -1.16. The number of ketones is 1. The van der Waals surface area contributed by atoms with Crippen LogP contribution in [0.15, 0.2) is 12.3 Å². The molecule has 0 spiro atoms. The molecule has 0 fully saturated rings. The van der Waals surface area contributed by atoms with Crippen LogP contribution < -0.4 is 0 Å². The third-order valence-electron chi connectivity index (χ3n) is 0.865. The molecule has 52 valence electrons. The highest BCUT2D eigenvalue weighted by Crippen LogP contribution is 1.99. The average Bonchev–Trinajstić information content (AvgIpc) is 1.63.